The molecule has 1 heterocycles. The quantitative estimate of drug-likeness (QED) is 0.575. The van der Waals surface area contributed by atoms with E-state index in [2.05, 4.69) is 15.4 Å². The number of aromatic nitrogens is 3. The fourth-order valence-electron chi connectivity index (χ4n) is 0.473. The molecule has 1 rings (SSSR count). The van der Waals surface area contributed by atoms with Crippen molar-refractivity contribution in [1.29, 1.82) is 0 Å². The van der Waals surface area contributed by atoms with Gasteiger partial charge in [0.25, 0.3) is 0 Å². The molecule has 0 unspecified atom stereocenters. The molecule has 0 atom stereocenters. The molecule has 0 aromatic carbocycles. The van der Waals surface area contributed by atoms with Crippen molar-refractivity contribution in [3.05, 3.63) is 6.07 Å². The Morgan fingerprint density at radius 2 is 1.60 bits per heavy atom. The highest BCUT2D eigenvalue weighted by atomic mass is 16.5. The molecule has 0 amide bonds. The fourth-order valence-corrected chi connectivity index (χ4v) is 0.473. The van der Waals surface area contributed by atoms with Gasteiger partial charge in [0.15, 0.2) is 0 Å². The minimum Gasteiger partial charge on any atom is -0.480 e. The van der Waals surface area contributed by atoms with Crippen molar-refractivity contribution in [2.75, 3.05) is 14.2 Å². The minimum absolute atomic E-state index is 0.395. The summed E-state index contributed by atoms with van der Waals surface area (Å²) in [7, 11) is 3.01. The van der Waals surface area contributed by atoms with E-state index in [1.807, 2.05) is 0 Å². The van der Waals surface area contributed by atoms with Crippen LogP contribution in [0.2, 0.25) is 0 Å². The van der Waals surface area contributed by atoms with E-state index in [1.165, 1.54) is 14.2 Å². The van der Waals surface area contributed by atoms with Gasteiger partial charge in [0.1, 0.15) is 0 Å². The molecule has 0 aliphatic heterocycles. The van der Waals surface area contributed by atoms with Crippen LogP contribution in [-0.4, -0.2) is 29.6 Å². The Hall–Kier alpha value is -1.39. The number of methoxy groups -OCH3 is 2. The largest absolute Gasteiger partial charge is 0.480 e. The second kappa shape index (κ2) is 2.95. The molecule has 0 saturated carbocycles. The molecular weight excluding hydrogens is 134 g/mol. The van der Waals surface area contributed by atoms with Gasteiger partial charge in [-0.2, -0.15) is 0 Å². The van der Waals surface area contributed by atoms with E-state index >= 15 is 0 Å². The molecule has 0 radical (unpaired) electrons. The lowest BCUT2D eigenvalue weighted by molar-refractivity contribution is 0.358. The lowest BCUT2D eigenvalue weighted by atomic mass is 10.6. The van der Waals surface area contributed by atoms with Crippen LogP contribution >= 0.6 is 0 Å². The summed E-state index contributed by atoms with van der Waals surface area (Å²) in [5, 5.41) is 10.5. The van der Waals surface area contributed by atoms with Crippen LogP contribution in [-0.2, 0) is 0 Å². The molecule has 5 nitrogen and oxygen atoms in total. The summed E-state index contributed by atoms with van der Waals surface area (Å²) < 4.78 is 9.53. The van der Waals surface area contributed by atoms with Crippen LogP contribution in [0.4, 0.5) is 0 Å². The van der Waals surface area contributed by atoms with Gasteiger partial charge in [-0.05, 0) is 5.21 Å². The SMILES string of the molecule is COc1cc(OC)nnn1. The van der Waals surface area contributed by atoms with E-state index in [1.54, 1.807) is 6.07 Å². The summed E-state index contributed by atoms with van der Waals surface area (Å²) in [6.07, 6.45) is 0. The summed E-state index contributed by atoms with van der Waals surface area (Å²) in [5.74, 6) is 0.790. The number of nitrogens with zero attached hydrogens (tertiary/aromatic N) is 3. The molecule has 0 bridgehead atoms. The lowest BCUT2D eigenvalue weighted by Crippen LogP contribution is -1.95. The first kappa shape index (κ1) is 6.73. The second-order valence-electron chi connectivity index (χ2n) is 1.52. The zero-order chi connectivity index (χ0) is 7.40. The van der Waals surface area contributed by atoms with Crippen molar-refractivity contribution in [3.8, 4) is 11.8 Å². The van der Waals surface area contributed by atoms with Gasteiger partial charge < -0.3 is 9.47 Å². The molecular formula is C5H7N3O2. The molecule has 1 aromatic heterocycles. The maximum absolute atomic E-state index is 4.76. The van der Waals surface area contributed by atoms with Gasteiger partial charge in [0, 0.05) is 0 Å². The average molecular weight is 141 g/mol. The third-order valence-electron chi connectivity index (χ3n) is 0.952. The standard InChI is InChI=1S/C5H7N3O2/c1-9-4-3-5(10-2)7-8-6-4/h3H,1-2H3. The number of ether oxygens (including phenoxy) is 2. The van der Waals surface area contributed by atoms with Crippen molar-refractivity contribution in [2.24, 2.45) is 0 Å². The minimum atomic E-state index is 0.395. The van der Waals surface area contributed by atoms with Crippen LogP contribution < -0.4 is 9.47 Å². The van der Waals surface area contributed by atoms with E-state index in [9.17, 15) is 0 Å². The van der Waals surface area contributed by atoms with Gasteiger partial charge in [-0.15, -0.1) is 0 Å². The highest BCUT2D eigenvalue weighted by molar-refractivity contribution is 5.15. The van der Waals surface area contributed by atoms with Crippen LogP contribution in [0.25, 0.3) is 0 Å². The maximum Gasteiger partial charge on any atom is 0.240 e. The summed E-state index contributed by atoms with van der Waals surface area (Å²) in [4.78, 5) is 0. The van der Waals surface area contributed by atoms with Gasteiger partial charge in [-0.3, -0.25) is 0 Å². The van der Waals surface area contributed by atoms with Gasteiger partial charge in [-0.1, -0.05) is 10.2 Å². The van der Waals surface area contributed by atoms with Gasteiger partial charge in [0.05, 0.1) is 20.3 Å². The molecule has 0 saturated heterocycles. The summed E-state index contributed by atoms with van der Waals surface area (Å²) in [6.45, 7) is 0. The molecule has 5 heteroatoms. The Kier molecular flexibility index (Phi) is 1.99. The Morgan fingerprint density at radius 1 is 1.10 bits per heavy atom. The zero-order valence-corrected chi connectivity index (χ0v) is 5.74. The molecule has 10 heavy (non-hydrogen) atoms. The second-order valence-corrected chi connectivity index (χ2v) is 1.52. The Morgan fingerprint density at radius 3 is 2.00 bits per heavy atom. The molecule has 0 aliphatic rings. The normalized spacial score (nSPS) is 9.00. The van der Waals surface area contributed by atoms with Gasteiger partial charge in [-0.25, -0.2) is 0 Å². The van der Waals surface area contributed by atoms with Gasteiger partial charge in [0.2, 0.25) is 11.8 Å². The third-order valence-corrected chi connectivity index (χ3v) is 0.952. The van der Waals surface area contributed by atoms with E-state index < -0.39 is 0 Å². The van der Waals surface area contributed by atoms with Crippen molar-refractivity contribution in [2.45, 2.75) is 0 Å². The Labute approximate surface area is 58.0 Å². The van der Waals surface area contributed by atoms with Crippen molar-refractivity contribution in [1.82, 2.24) is 15.4 Å². The number of hydrogen-bond donors (Lipinski definition) is 0. The lowest BCUT2D eigenvalue weighted by Gasteiger charge is -1.97. The smallest absolute Gasteiger partial charge is 0.240 e. The van der Waals surface area contributed by atoms with E-state index in [0.29, 0.717) is 11.8 Å². The molecule has 1 aromatic rings. The van der Waals surface area contributed by atoms with E-state index in [0.717, 1.165) is 0 Å². The van der Waals surface area contributed by atoms with Crippen molar-refractivity contribution in [3.63, 3.8) is 0 Å². The van der Waals surface area contributed by atoms with Crippen LogP contribution in [0.5, 0.6) is 11.8 Å². The molecule has 54 valence electrons. The number of rotatable bonds is 2. The van der Waals surface area contributed by atoms with Crippen LogP contribution in [0.15, 0.2) is 6.07 Å². The Balaban J connectivity index is 2.87. The predicted molar refractivity (Wildman–Crippen MR) is 32.9 cm³/mol. The third kappa shape index (κ3) is 1.31. The van der Waals surface area contributed by atoms with E-state index in [-0.39, 0.29) is 0 Å². The van der Waals surface area contributed by atoms with Crippen LogP contribution in [0.3, 0.4) is 0 Å². The van der Waals surface area contributed by atoms with Gasteiger partial charge >= 0.3 is 0 Å². The first-order valence-corrected chi connectivity index (χ1v) is 2.65. The van der Waals surface area contributed by atoms with Crippen LogP contribution in [0, 0.1) is 0 Å². The molecule has 0 fully saturated rings. The Bertz CT molecular complexity index is 197. The average Bonchev–Trinajstić information content (AvgIpc) is 2.05. The van der Waals surface area contributed by atoms with E-state index in [4.69, 9.17) is 9.47 Å². The van der Waals surface area contributed by atoms with Crippen LogP contribution in [0.1, 0.15) is 0 Å². The first-order valence-electron chi connectivity index (χ1n) is 2.65. The summed E-state index contributed by atoms with van der Waals surface area (Å²) in [5.41, 5.74) is 0. The fraction of sp³-hybridized carbons (Fsp3) is 0.400. The van der Waals surface area contributed by atoms with Crippen molar-refractivity contribution >= 4 is 0 Å². The number of hydrogen-bond acceptors (Lipinski definition) is 5. The predicted octanol–water partition coefficient (Wildman–Crippen LogP) is -0.111. The molecule has 0 aliphatic carbocycles. The van der Waals surface area contributed by atoms with Crippen molar-refractivity contribution < 1.29 is 9.47 Å². The zero-order valence-electron chi connectivity index (χ0n) is 5.74. The summed E-state index contributed by atoms with van der Waals surface area (Å²) in [6, 6.07) is 1.55. The first-order chi connectivity index (χ1) is 4.86. The summed E-state index contributed by atoms with van der Waals surface area (Å²) >= 11 is 0. The molecule has 0 spiro atoms. The maximum atomic E-state index is 4.76. The highest BCUT2D eigenvalue weighted by Gasteiger charge is 1.96. The topological polar surface area (TPSA) is 57.1 Å². The molecule has 0 N–H and O–H groups in total. The monoisotopic (exact) mass is 141 g/mol. The highest BCUT2D eigenvalue weighted by Crippen LogP contribution is 2.09.